The van der Waals surface area contributed by atoms with Gasteiger partial charge in [0, 0.05) is 0 Å². The molecule has 0 rings (SSSR count). The van der Waals surface area contributed by atoms with Crippen LogP contribution in [-0.4, -0.2) is 41.1 Å². The van der Waals surface area contributed by atoms with E-state index >= 15 is 0 Å². The molecule has 0 heterocycles. The summed E-state index contributed by atoms with van der Waals surface area (Å²) in [7, 11) is 0. The summed E-state index contributed by atoms with van der Waals surface area (Å²) >= 11 is 4.04. The Morgan fingerprint density at radius 3 is 2.73 bits per heavy atom. The van der Waals surface area contributed by atoms with E-state index in [1.165, 1.54) is 18.6 Å². The zero-order chi connectivity index (χ0) is 8.53. The van der Waals surface area contributed by atoms with Gasteiger partial charge in [-0.05, 0) is 0 Å². The van der Waals surface area contributed by atoms with Crippen molar-refractivity contribution in [1.82, 2.24) is 0 Å². The third kappa shape index (κ3) is 8.82. The fraction of sp³-hybridized carbons (Fsp3) is 1.00. The second-order valence-corrected chi connectivity index (χ2v) is 3.78. The van der Waals surface area contributed by atoms with Crippen molar-refractivity contribution in [2.75, 3.05) is 18.6 Å². The second-order valence-electron chi connectivity index (χ2n) is 2.79. The molecule has 0 fully saturated rings. The molecule has 62 valence electrons. The summed E-state index contributed by atoms with van der Waals surface area (Å²) < 4.78 is 5.98. The molecule has 0 aromatic heterocycles. The summed E-state index contributed by atoms with van der Waals surface area (Å²) in [6.07, 6.45) is 5.78. The quantitative estimate of drug-likeness (QED) is 0.425. The van der Waals surface area contributed by atoms with Crippen LogP contribution in [0.5, 0.6) is 0 Å². The van der Waals surface area contributed by atoms with Crippen molar-refractivity contribution in [2.45, 2.75) is 31.0 Å². The Morgan fingerprint density at radius 2 is 2.18 bits per heavy atom. The van der Waals surface area contributed by atoms with Crippen LogP contribution in [0.25, 0.3) is 0 Å². The van der Waals surface area contributed by atoms with Gasteiger partial charge in [-0.25, -0.2) is 0 Å². The van der Waals surface area contributed by atoms with Crippen molar-refractivity contribution in [3.05, 3.63) is 0 Å². The van der Waals surface area contributed by atoms with Crippen LogP contribution in [0.3, 0.4) is 0 Å². The molecular weight excluding hydrogens is 151 g/mol. The normalized spacial score (nSPS) is 13.5. The molecule has 0 aromatic rings. The average molecular weight is 168 g/mol. The standard InChI is InChI=1S/C8H17OS.Li/c1-3-6-9-7-4-5-8-10-2;/h6H,3-5,7-8H2,1-2H3;. The summed E-state index contributed by atoms with van der Waals surface area (Å²) in [5, 5.41) is 0. The van der Waals surface area contributed by atoms with Crippen molar-refractivity contribution in [3.63, 3.8) is 0 Å². The SMILES string of the molecule is [Li][CH](CC)OCCCCSC. The van der Waals surface area contributed by atoms with E-state index in [0.717, 1.165) is 13.0 Å². The van der Waals surface area contributed by atoms with Crippen molar-refractivity contribution >= 4 is 29.5 Å². The molecule has 11 heavy (non-hydrogen) atoms. The van der Waals surface area contributed by atoms with Crippen LogP contribution < -0.4 is 0 Å². The summed E-state index contributed by atoms with van der Waals surface area (Å²) in [5.74, 6) is 1.27. The minimum absolute atomic E-state index is 0.448. The number of unbranched alkanes of at least 4 members (excludes halogenated alkanes) is 1. The third-order valence-corrected chi connectivity index (χ3v) is 2.42. The summed E-state index contributed by atoms with van der Waals surface area (Å²) in [4.78, 5) is 0. The van der Waals surface area contributed by atoms with Crippen molar-refractivity contribution < 1.29 is 4.74 Å². The Kier molecular flexibility index (Phi) is 9.74. The van der Waals surface area contributed by atoms with Gasteiger partial charge in [0.1, 0.15) is 0 Å². The zero-order valence-electron chi connectivity index (χ0n) is 7.93. The molecule has 1 unspecified atom stereocenters. The topological polar surface area (TPSA) is 9.23 Å². The van der Waals surface area contributed by atoms with Gasteiger partial charge in [-0.15, -0.1) is 0 Å². The number of rotatable bonds is 7. The number of ether oxygens (including phenoxy) is 1. The van der Waals surface area contributed by atoms with E-state index in [1.54, 1.807) is 0 Å². The number of hydrogen-bond acceptors (Lipinski definition) is 2. The van der Waals surface area contributed by atoms with Crippen LogP contribution in [-0.2, 0) is 4.74 Å². The monoisotopic (exact) mass is 168 g/mol. The summed E-state index contributed by atoms with van der Waals surface area (Å²) in [5.41, 5.74) is 0. The molecule has 3 heteroatoms. The first kappa shape index (κ1) is 11.9. The van der Waals surface area contributed by atoms with Crippen LogP contribution >= 0.6 is 11.8 Å². The Morgan fingerprint density at radius 1 is 1.45 bits per heavy atom. The van der Waals surface area contributed by atoms with Gasteiger partial charge < -0.3 is 0 Å². The Labute approximate surface area is 83.9 Å². The first-order valence-corrected chi connectivity index (χ1v) is 5.81. The van der Waals surface area contributed by atoms with Gasteiger partial charge in [0.2, 0.25) is 0 Å². The van der Waals surface area contributed by atoms with E-state index < -0.39 is 0 Å². The van der Waals surface area contributed by atoms with Gasteiger partial charge in [0.15, 0.2) is 0 Å². The molecule has 0 saturated heterocycles. The molecule has 0 aliphatic heterocycles. The molecule has 0 N–H and O–H groups in total. The van der Waals surface area contributed by atoms with E-state index in [4.69, 9.17) is 4.74 Å². The Balaban J connectivity index is 2.89. The molecule has 1 nitrogen and oxygen atoms in total. The van der Waals surface area contributed by atoms with Gasteiger partial charge in [-0.2, -0.15) is 0 Å². The first-order chi connectivity index (χ1) is 5.31. The van der Waals surface area contributed by atoms with E-state index in [2.05, 4.69) is 30.9 Å². The first-order valence-electron chi connectivity index (χ1n) is 4.41. The molecule has 0 aliphatic carbocycles. The van der Waals surface area contributed by atoms with Crippen molar-refractivity contribution in [1.29, 1.82) is 0 Å². The third-order valence-electron chi connectivity index (χ3n) is 1.72. The zero-order valence-corrected chi connectivity index (χ0v) is 8.75. The minimum atomic E-state index is 0.448. The van der Waals surface area contributed by atoms with Crippen molar-refractivity contribution in [3.8, 4) is 0 Å². The number of thioether (sulfide) groups is 1. The predicted molar refractivity (Wildman–Crippen MR) is 53.4 cm³/mol. The number of hydrogen-bond donors (Lipinski definition) is 0. The maximum absolute atomic E-state index is 5.53. The van der Waals surface area contributed by atoms with Crippen LogP contribution in [0, 0.1) is 0 Å². The van der Waals surface area contributed by atoms with Gasteiger partial charge in [0.05, 0.1) is 0 Å². The van der Waals surface area contributed by atoms with Gasteiger partial charge in [-0.1, -0.05) is 0 Å². The molecule has 0 aliphatic rings. The van der Waals surface area contributed by atoms with Crippen molar-refractivity contribution in [2.24, 2.45) is 0 Å². The van der Waals surface area contributed by atoms with Crippen LogP contribution in [0.1, 0.15) is 26.2 Å². The predicted octanol–water partition coefficient (Wildman–Crippen LogP) is 2.05. The molecular formula is C8H17LiOS. The van der Waals surface area contributed by atoms with Crippen LogP contribution in [0.15, 0.2) is 0 Å². The second kappa shape index (κ2) is 9.00. The van der Waals surface area contributed by atoms with E-state index in [0.29, 0.717) is 4.78 Å². The molecule has 0 saturated carbocycles. The maximum atomic E-state index is 5.53. The summed E-state index contributed by atoms with van der Waals surface area (Å²) in [6, 6.07) is 0. The Hall–Kier alpha value is 0.907. The van der Waals surface area contributed by atoms with Gasteiger partial charge >= 0.3 is 83.8 Å². The molecule has 0 amide bonds. The van der Waals surface area contributed by atoms with E-state index in [-0.39, 0.29) is 0 Å². The van der Waals surface area contributed by atoms with E-state index in [9.17, 15) is 0 Å². The molecule has 0 aromatic carbocycles. The van der Waals surface area contributed by atoms with Gasteiger partial charge in [-0.3, -0.25) is 0 Å². The molecule has 1 atom stereocenters. The molecule has 0 spiro atoms. The van der Waals surface area contributed by atoms with Gasteiger partial charge in [0.25, 0.3) is 0 Å². The fourth-order valence-electron chi connectivity index (χ4n) is 0.751. The average Bonchev–Trinajstić information content (AvgIpc) is 2.04. The molecule has 0 radical (unpaired) electrons. The summed E-state index contributed by atoms with van der Waals surface area (Å²) in [6.45, 7) is 3.10. The van der Waals surface area contributed by atoms with Crippen LogP contribution in [0.4, 0.5) is 0 Å². The van der Waals surface area contributed by atoms with Crippen LogP contribution in [0.2, 0.25) is 0 Å². The fourth-order valence-corrected chi connectivity index (χ4v) is 1.24. The Bertz CT molecular complexity index is 80.5. The molecule has 0 bridgehead atoms. The van der Waals surface area contributed by atoms with E-state index in [1.807, 2.05) is 11.8 Å².